The summed E-state index contributed by atoms with van der Waals surface area (Å²) in [7, 11) is 0. The Morgan fingerprint density at radius 1 is 1.00 bits per heavy atom. The smallest absolute Gasteiger partial charge is 0.231 e. The highest BCUT2D eigenvalue weighted by atomic mass is 16.7. The fraction of sp³-hybridized carbons (Fsp3) is 0.381. The molecule has 1 amide bonds. The van der Waals surface area contributed by atoms with Gasteiger partial charge in [0.2, 0.25) is 12.7 Å². The van der Waals surface area contributed by atoms with Crippen molar-refractivity contribution in [2.45, 2.75) is 25.9 Å². The van der Waals surface area contributed by atoms with Crippen LogP contribution in [-0.2, 0) is 17.9 Å². The number of nitrogens with one attached hydrogen (secondary N) is 1. The van der Waals surface area contributed by atoms with E-state index < -0.39 is 0 Å². The van der Waals surface area contributed by atoms with Crippen LogP contribution in [0.3, 0.4) is 0 Å². The first-order valence-electron chi connectivity index (χ1n) is 9.20. The zero-order valence-electron chi connectivity index (χ0n) is 14.8. The molecule has 136 valence electrons. The summed E-state index contributed by atoms with van der Waals surface area (Å²) in [6.45, 7) is 3.70. The summed E-state index contributed by atoms with van der Waals surface area (Å²) >= 11 is 0. The Kier molecular flexibility index (Phi) is 5.07. The van der Waals surface area contributed by atoms with E-state index in [1.165, 1.54) is 5.56 Å². The van der Waals surface area contributed by atoms with Crippen LogP contribution in [0, 0.1) is 5.92 Å². The normalized spacial score (nSPS) is 17.2. The van der Waals surface area contributed by atoms with Crippen LogP contribution < -0.4 is 14.8 Å². The van der Waals surface area contributed by atoms with Crippen LogP contribution in [0.2, 0.25) is 0 Å². The number of rotatable bonds is 5. The minimum absolute atomic E-state index is 0.107. The minimum Gasteiger partial charge on any atom is -0.454 e. The molecule has 0 bridgehead atoms. The number of nitrogens with zero attached hydrogens (tertiary/aromatic N) is 1. The van der Waals surface area contributed by atoms with Gasteiger partial charge in [-0.3, -0.25) is 9.69 Å². The summed E-state index contributed by atoms with van der Waals surface area (Å²) in [4.78, 5) is 14.9. The predicted octanol–water partition coefficient (Wildman–Crippen LogP) is 2.94. The van der Waals surface area contributed by atoms with Crippen molar-refractivity contribution in [1.29, 1.82) is 0 Å². The Hall–Kier alpha value is -2.53. The SMILES string of the molecule is O=C(NCc1ccc2c(c1)OCO2)C1CCN(Cc2ccccc2)CC1. The second kappa shape index (κ2) is 7.79. The van der Waals surface area contributed by atoms with Gasteiger partial charge >= 0.3 is 0 Å². The molecule has 0 spiro atoms. The third kappa shape index (κ3) is 3.99. The molecular weight excluding hydrogens is 328 g/mol. The number of benzene rings is 2. The van der Waals surface area contributed by atoms with Gasteiger partial charge < -0.3 is 14.8 Å². The lowest BCUT2D eigenvalue weighted by Crippen LogP contribution is -2.40. The van der Waals surface area contributed by atoms with E-state index in [4.69, 9.17) is 9.47 Å². The zero-order valence-corrected chi connectivity index (χ0v) is 14.8. The van der Waals surface area contributed by atoms with E-state index in [2.05, 4.69) is 34.5 Å². The maximum absolute atomic E-state index is 12.5. The number of likely N-dealkylation sites (tertiary alicyclic amines) is 1. The Labute approximate surface area is 153 Å². The topological polar surface area (TPSA) is 50.8 Å². The molecule has 2 aromatic rings. The summed E-state index contributed by atoms with van der Waals surface area (Å²) in [6, 6.07) is 16.3. The van der Waals surface area contributed by atoms with Gasteiger partial charge in [0.1, 0.15) is 0 Å². The van der Waals surface area contributed by atoms with E-state index in [1.807, 2.05) is 24.3 Å². The molecule has 0 radical (unpaired) electrons. The van der Waals surface area contributed by atoms with Gasteiger partial charge in [0.05, 0.1) is 0 Å². The molecule has 5 heteroatoms. The number of carbonyl (C=O) groups excluding carboxylic acids is 1. The summed E-state index contributed by atoms with van der Waals surface area (Å²) in [5.41, 5.74) is 2.36. The third-order valence-corrected chi connectivity index (χ3v) is 5.11. The van der Waals surface area contributed by atoms with Crippen molar-refractivity contribution < 1.29 is 14.3 Å². The van der Waals surface area contributed by atoms with Crippen molar-refractivity contribution in [2.75, 3.05) is 19.9 Å². The zero-order chi connectivity index (χ0) is 17.8. The van der Waals surface area contributed by atoms with Crippen LogP contribution in [0.4, 0.5) is 0 Å². The largest absolute Gasteiger partial charge is 0.454 e. The Morgan fingerprint density at radius 3 is 2.58 bits per heavy atom. The first-order chi connectivity index (χ1) is 12.8. The van der Waals surface area contributed by atoms with Crippen LogP contribution >= 0.6 is 0 Å². The van der Waals surface area contributed by atoms with Gasteiger partial charge in [-0.05, 0) is 49.2 Å². The molecule has 2 aliphatic heterocycles. The fourth-order valence-corrected chi connectivity index (χ4v) is 3.58. The summed E-state index contributed by atoms with van der Waals surface area (Å²) in [5, 5.41) is 3.07. The molecular formula is C21H24N2O3. The number of hydrogen-bond acceptors (Lipinski definition) is 4. The third-order valence-electron chi connectivity index (χ3n) is 5.11. The van der Waals surface area contributed by atoms with E-state index in [0.29, 0.717) is 6.54 Å². The van der Waals surface area contributed by atoms with Crippen LogP contribution in [0.1, 0.15) is 24.0 Å². The van der Waals surface area contributed by atoms with Crippen molar-refractivity contribution in [1.82, 2.24) is 10.2 Å². The van der Waals surface area contributed by atoms with Crippen LogP contribution in [0.15, 0.2) is 48.5 Å². The molecule has 0 saturated carbocycles. The molecule has 0 aliphatic carbocycles. The highest BCUT2D eigenvalue weighted by molar-refractivity contribution is 5.78. The lowest BCUT2D eigenvalue weighted by Gasteiger charge is -2.31. The summed E-state index contributed by atoms with van der Waals surface area (Å²) < 4.78 is 10.7. The molecule has 0 unspecified atom stereocenters. The Bertz CT molecular complexity index is 755. The molecule has 2 aromatic carbocycles. The first-order valence-corrected chi connectivity index (χ1v) is 9.20. The van der Waals surface area contributed by atoms with Gasteiger partial charge in [0.15, 0.2) is 11.5 Å². The molecule has 2 aliphatic rings. The maximum Gasteiger partial charge on any atom is 0.231 e. The van der Waals surface area contributed by atoms with E-state index in [0.717, 1.165) is 49.5 Å². The molecule has 5 nitrogen and oxygen atoms in total. The van der Waals surface area contributed by atoms with E-state index in [-0.39, 0.29) is 18.6 Å². The van der Waals surface area contributed by atoms with Crippen molar-refractivity contribution in [3.05, 3.63) is 59.7 Å². The van der Waals surface area contributed by atoms with Gasteiger partial charge in [0.25, 0.3) is 0 Å². The summed E-state index contributed by atoms with van der Waals surface area (Å²) in [5.74, 6) is 1.79. The second-order valence-electron chi connectivity index (χ2n) is 6.94. The fourth-order valence-electron chi connectivity index (χ4n) is 3.58. The first kappa shape index (κ1) is 16.9. The molecule has 1 saturated heterocycles. The number of piperidine rings is 1. The molecule has 0 aromatic heterocycles. The Balaban J connectivity index is 1.23. The molecule has 4 rings (SSSR count). The van der Waals surface area contributed by atoms with Crippen molar-refractivity contribution in [3.8, 4) is 11.5 Å². The van der Waals surface area contributed by atoms with Crippen molar-refractivity contribution in [2.24, 2.45) is 5.92 Å². The van der Waals surface area contributed by atoms with E-state index >= 15 is 0 Å². The second-order valence-corrected chi connectivity index (χ2v) is 6.94. The van der Waals surface area contributed by atoms with Gasteiger partial charge in [0, 0.05) is 19.0 Å². The molecule has 2 heterocycles. The highest BCUT2D eigenvalue weighted by Gasteiger charge is 2.25. The minimum atomic E-state index is 0.107. The number of carbonyl (C=O) groups is 1. The molecule has 1 fully saturated rings. The Morgan fingerprint density at radius 2 is 1.77 bits per heavy atom. The van der Waals surface area contributed by atoms with E-state index in [9.17, 15) is 4.79 Å². The van der Waals surface area contributed by atoms with Crippen molar-refractivity contribution in [3.63, 3.8) is 0 Å². The van der Waals surface area contributed by atoms with Crippen molar-refractivity contribution >= 4 is 5.91 Å². The van der Waals surface area contributed by atoms with Crippen LogP contribution in [0.25, 0.3) is 0 Å². The molecule has 1 N–H and O–H groups in total. The molecule has 0 atom stereocenters. The average Bonchev–Trinajstić information content (AvgIpc) is 3.15. The van der Waals surface area contributed by atoms with Gasteiger partial charge in [-0.25, -0.2) is 0 Å². The number of amides is 1. The number of fused-ring (bicyclic) bond motifs is 1. The number of ether oxygens (including phenoxy) is 2. The van der Waals surface area contributed by atoms with Gasteiger partial charge in [-0.15, -0.1) is 0 Å². The molecule has 26 heavy (non-hydrogen) atoms. The lowest BCUT2D eigenvalue weighted by molar-refractivity contribution is -0.126. The lowest BCUT2D eigenvalue weighted by atomic mass is 9.95. The summed E-state index contributed by atoms with van der Waals surface area (Å²) in [6.07, 6.45) is 1.83. The van der Waals surface area contributed by atoms with Crippen LogP contribution in [-0.4, -0.2) is 30.7 Å². The monoisotopic (exact) mass is 352 g/mol. The number of hydrogen-bond donors (Lipinski definition) is 1. The standard InChI is InChI=1S/C21H24N2O3/c24-21(22-13-17-6-7-19-20(12-17)26-15-25-19)18-8-10-23(11-9-18)14-16-4-2-1-3-5-16/h1-7,12,18H,8-11,13-15H2,(H,22,24). The average molecular weight is 352 g/mol. The van der Waals surface area contributed by atoms with Gasteiger partial charge in [-0.2, -0.15) is 0 Å². The quantitative estimate of drug-likeness (QED) is 0.899. The van der Waals surface area contributed by atoms with Gasteiger partial charge in [-0.1, -0.05) is 36.4 Å². The maximum atomic E-state index is 12.5. The highest BCUT2D eigenvalue weighted by Crippen LogP contribution is 2.32. The van der Waals surface area contributed by atoms with Crippen LogP contribution in [0.5, 0.6) is 11.5 Å². The predicted molar refractivity (Wildman–Crippen MR) is 98.9 cm³/mol. The van der Waals surface area contributed by atoms with E-state index in [1.54, 1.807) is 0 Å².